The Kier molecular flexibility index (Phi) is 6.84. The highest BCUT2D eigenvalue weighted by Crippen LogP contribution is 2.13. The van der Waals surface area contributed by atoms with Crippen molar-refractivity contribution in [2.45, 2.75) is 6.42 Å². The largest absolute Gasteiger partial charge is 0.497 e. The Morgan fingerprint density at radius 1 is 1.03 bits per heavy atom. The monoisotopic (exact) mass is 395 g/mol. The molecule has 152 valence electrons. The van der Waals surface area contributed by atoms with E-state index >= 15 is 0 Å². The van der Waals surface area contributed by atoms with Crippen LogP contribution in [-0.2, 0) is 11.2 Å². The fourth-order valence-corrected chi connectivity index (χ4v) is 3.23. The number of hydrogen-bond donors (Lipinski definition) is 1. The van der Waals surface area contributed by atoms with Crippen molar-refractivity contribution in [3.8, 4) is 5.75 Å². The summed E-state index contributed by atoms with van der Waals surface area (Å²) >= 11 is 0. The average molecular weight is 395 g/mol. The smallest absolute Gasteiger partial charge is 0.253 e. The molecule has 1 fully saturated rings. The van der Waals surface area contributed by atoms with Gasteiger partial charge in [-0.1, -0.05) is 12.1 Å². The lowest BCUT2D eigenvalue weighted by Crippen LogP contribution is -2.48. The molecule has 1 heterocycles. The summed E-state index contributed by atoms with van der Waals surface area (Å²) in [6, 6.07) is 14.4. The van der Waals surface area contributed by atoms with Crippen molar-refractivity contribution in [1.82, 2.24) is 15.1 Å². The van der Waals surface area contributed by atoms with E-state index in [0.717, 1.165) is 17.7 Å². The minimum absolute atomic E-state index is 0.0828. The molecule has 7 heteroatoms. The number of nitrogens with one attached hydrogen (secondary N) is 1. The minimum atomic E-state index is -0.175. The minimum Gasteiger partial charge on any atom is -0.497 e. The van der Waals surface area contributed by atoms with E-state index < -0.39 is 0 Å². The van der Waals surface area contributed by atoms with E-state index in [2.05, 4.69) is 5.32 Å². The molecule has 3 rings (SSSR count). The molecule has 0 spiro atoms. The van der Waals surface area contributed by atoms with Gasteiger partial charge in [-0.25, -0.2) is 0 Å². The number of benzene rings is 2. The van der Waals surface area contributed by atoms with Gasteiger partial charge in [-0.15, -0.1) is 0 Å². The van der Waals surface area contributed by atoms with Gasteiger partial charge in [0, 0.05) is 43.9 Å². The molecule has 0 bridgehead atoms. The summed E-state index contributed by atoms with van der Waals surface area (Å²) in [5.74, 6) is 0.536. The van der Waals surface area contributed by atoms with Gasteiger partial charge in [-0.05, 0) is 48.4 Å². The number of rotatable bonds is 7. The number of methoxy groups -OCH3 is 1. The standard InChI is InChI=1S/C22H25N3O4/c1-29-20-4-2-3-17(15-20)9-10-23-21(27)18-5-7-19(8-6-18)22(28)25-13-11-24(16-26)12-14-25/h2-8,15-16H,9-14H2,1H3,(H,23,27). The van der Waals surface area contributed by atoms with Gasteiger partial charge >= 0.3 is 0 Å². The van der Waals surface area contributed by atoms with Crippen LogP contribution in [0.25, 0.3) is 0 Å². The third-order valence-corrected chi connectivity index (χ3v) is 4.98. The molecule has 0 radical (unpaired) electrons. The Morgan fingerprint density at radius 3 is 2.38 bits per heavy atom. The van der Waals surface area contributed by atoms with Gasteiger partial charge in [0.1, 0.15) is 5.75 Å². The first-order valence-corrected chi connectivity index (χ1v) is 9.60. The maximum atomic E-state index is 12.6. The first-order chi connectivity index (χ1) is 14.1. The lowest BCUT2D eigenvalue weighted by Gasteiger charge is -2.32. The molecule has 29 heavy (non-hydrogen) atoms. The zero-order valence-electron chi connectivity index (χ0n) is 16.5. The molecule has 1 saturated heterocycles. The van der Waals surface area contributed by atoms with Crippen LogP contribution in [0.3, 0.4) is 0 Å². The predicted octanol–water partition coefficient (Wildman–Crippen LogP) is 1.58. The van der Waals surface area contributed by atoms with Crippen molar-refractivity contribution in [2.24, 2.45) is 0 Å². The van der Waals surface area contributed by atoms with Crippen LogP contribution >= 0.6 is 0 Å². The second-order valence-corrected chi connectivity index (χ2v) is 6.87. The van der Waals surface area contributed by atoms with Crippen molar-refractivity contribution >= 4 is 18.2 Å². The molecule has 3 amide bonds. The van der Waals surface area contributed by atoms with E-state index in [4.69, 9.17) is 4.74 Å². The second kappa shape index (κ2) is 9.73. The van der Waals surface area contributed by atoms with Crippen LogP contribution < -0.4 is 10.1 Å². The first-order valence-electron chi connectivity index (χ1n) is 9.60. The van der Waals surface area contributed by atoms with Crippen molar-refractivity contribution in [3.63, 3.8) is 0 Å². The zero-order valence-corrected chi connectivity index (χ0v) is 16.5. The number of nitrogens with zero attached hydrogens (tertiary/aromatic N) is 2. The Bertz CT molecular complexity index is 859. The quantitative estimate of drug-likeness (QED) is 0.722. The van der Waals surface area contributed by atoms with Gasteiger partial charge in [0.15, 0.2) is 0 Å². The van der Waals surface area contributed by atoms with Crippen molar-refractivity contribution in [1.29, 1.82) is 0 Å². The molecule has 0 aliphatic carbocycles. The van der Waals surface area contributed by atoms with Crippen molar-refractivity contribution in [3.05, 3.63) is 65.2 Å². The normalized spacial score (nSPS) is 13.7. The maximum absolute atomic E-state index is 12.6. The highest BCUT2D eigenvalue weighted by Gasteiger charge is 2.21. The molecule has 7 nitrogen and oxygen atoms in total. The fraction of sp³-hybridized carbons (Fsp3) is 0.318. The number of carbonyl (C=O) groups excluding carboxylic acids is 3. The van der Waals surface area contributed by atoms with Crippen LogP contribution in [0.5, 0.6) is 5.75 Å². The summed E-state index contributed by atoms with van der Waals surface area (Å²) in [7, 11) is 1.63. The molecular formula is C22H25N3O4. The third kappa shape index (κ3) is 5.34. The fourth-order valence-electron chi connectivity index (χ4n) is 3.23. The summed E-state index contributed by atoms with van der Waals surface area (Å²) in [5.41, 5.74) is 2.13. The zero-order chi connectivity index (χ0) is 20.6. The number of ether oxygens (including phenoxy) is 1. The first kappa shape index (κ1) is 20.4. The molecule has 2 aromatic rings. The highest BCUT2D eigenvalue weighted by atomic mass is 16.5. The van der Waals surface area contributed by atoms with Gasteiger partial charge in [0.25, 0.3) is 11.8 Å². The molecule has 1 aliphatic heterocycles. The van der Waals surface area contributed by atoms with Crippen LogP contribution in [0.15, 0.2) is 48.5 Å². The highest BCUT2D eigenvalue weighted by molar-refractivity contribution is 5.97. The van der Waals surface area contributed by atoms with Crippen LogP contribution in [-0.4, -0.2) is 67.9 Å². The Morgan fingerprint density at radius 2 is 1.72 bits per heavy atom. The van der Waals surface area contributed by atoms with Crippen LogP contribution in [0.2, 0.25) is 0 Å². The van der Waals surface area contributed by atoms with Crippen LogP contribution in [0.4, 0.5) is 0 Å². The van der Waals surface area contributed by atoms with Gasteiger partial charge in [-0.3, -0.25) is 14.4 Å². The Hall–Kier alpha value is -3.35. The van der Waals surface area contributed by atoms with Gasteiger partial charge in [0.05, 0.1) is 7.11 Å². The van der Waals surface area contributed by atoms with E-state index in [-0.39, 0.29) is 11.8 Å². The molecule has 0 atom stereocenters. The van der Waals surface area contributed by atoms with Gasteiger partial charge in [-0.2, -0.15) is 0 Å². The lowest BCUT2D eigenvalue weighted by molar-refractivity contribution is -0.119. The Balaban J connectivity index is 1.50. The average Bonchev–Trinajstić information content (AvgIpc) is 2.79. The molecule has 1 N–H and O–H groups in total. The summed E-state index contributed by atoms with van der Waals surface area (Å²) in [6.45, 7) is 2.63. The van der Waals surface area contributed by atoms with E-state index in [9.17, 15) is 14.4 Å². The molecule has 0 saturated carbocycles. The van der Waals surface area contributed by atoms with Gasteiger partial charge < -0.3 is 19.9 Å². The predicted molar refractivity (Wildman–Crippen MR) is 109 cm³/mol. The molecule has 1 aliphatic rings. The number of carbonyl (C=O) groups is 3. The van der Waals surface area contributed by atoms with E-state index in [1.54, 1.807) is 41.2 Å². The molecular weight excluding hydrogens is 370 g/mol. The maximum Gasteiger partial charge on any atom is 0.253 e. The number of piperazine rings is 1. The lowest BCUT2D eigenvalue weighted by atomic mass is 10.1. The van der Waals surface area contributed by atoms with E-state index in [0.29, 0.717) is 50.3 Å². The number of amides is 3. The summed E-state index contributed by atoms with van der Waals surface area (Å²) in [5, 5.41) is 2.89. The van der Waals surface area contributed by atoms with Crippen molar-refractivity contribution < 1.29 is 19.1 Å². The van der Waals surface area contributed by atoms with Gasteiger partial charge in [0.2, 0.25) is 6.41 Å². The molecule has 2 aromatic carbocycles. The SMILES string of the molecule is COc1cccc(CCNC(=O)c2ccc(C(=O)N3CCN(C=O)CC3)cc2)c1. The second-order valence-electron chi connectivity index (χ2n) is 6.87. The van der Waals surface area contributed by atoms with Crippen LogP contribution in [0.1, 0.15) is 26.3 Å². The summed E-state index contributed by atoms with van der Waals surface area (Å²) in [4.78, 5) is 39.1. The summed E-state index contributed by atoms with van der Waals surface area (Å²) in [6.07, 6.45) is 1.51. The Labute approximate surface area is 170 Å². The van der Waals surface area contributed by atoms with Crippen molar-refractivity contribution in [2.75, 3.05) is 39.8 Å². The van der Waals surface area contributed by atoms with E-state index in [1.165, 1.54) is 0 Å². The topological polar surface area (TPSA) is 79.0 Å². The number of hydrogen-bond acceptors (Lipinski definition) is 4. The third-order valence-electron chi connectivity index (χ3n) is 4.98. The van der Waals surface area contributed by atoms with Crippen LogP contribution in [0, 0.1) is 0 Å². The summed E-state index contributed by atoms with van der Waals surface area (Å²) < 4.78 is 5.20. The molecule has 0 unspecified atom stereocenters. The van der Waals surface area contributed by atoms with E-state index in [1.807, 2.05) is 24.3 Å². The molecule has 0 aromatic heterocycles.